The molecule has 1 aromatic heterocycles. The maximum absolute atomic E-state index is 11.9. The number of carbonyl (C=O) groups excluding carboxylic acids is 1. The summed E-state index contributed by atoms with van der Waals surface area (Å²) in [6, 6.07) is 1.21. The van der Waals surface area contributed by atoms with Crippen molar-refractivity contribution in [2.45, 2.75) is 31.9 Å². The lowest BCUT2D eigenvalue weighted by atomic mass is 9.94. The predicted molar refractivity (Wildman–Crippen MR) is 61.6 cm³/mol. The van der Waals surface area contributed by atoms with Crippen LogP contribution < -0.4 is 5.32 Å². The summed E-state index contributed by atoms with van der Waals surface area (Å²) in [4.78, 5) is 22.6. The maximum Gasteiger partial charge on any atom is 0.338 e. The zero-order valence-electron chi connectivity index (χ0n) is 10.2. The van der Waals surface area contributed by atoms with Crippen molar-refractivity contribution in [3.63, 3.8) is 0 Å². The molecule has 2 unspecified atom stereocenters. The van der Waals surface area contributed by atoms with Gasteiger partial charge in [-0.15, -0.1) is 0 Å². The van der Waals surface area contributed by atoms with Gasteiger partial charge >= 0.3 is 5.97 Å². The van der Waals surface area contributed by atoms with Gasteiger partial charge in [0.2, 0.25) is 0 Å². The number of hydrogen-bond donors (Lipinski definition) is 2. The van der Waals surface area contributed by atoms with Crippen LogP contribution in [-0.4, -0.2) is 35.2 Å². The van der Waals surface area contributed by atoms with Crippen molar-refractivity contribution >= 4 is 11.9 Å². The van der Waals surface area contributed by atoms with Crippen molar-refractivity contribution in [1.82, 2.24) is 5.32 Å². The summed E-state index contributed by atoms with van der Waals surface area (Å²) in [7, 11) is 0. The molecule has 1 aromatic rings. The van der Waals surface area contributed by atoms with Gasteiger partial charge in [-0.1, -0.05) is 0 Å². The van der Waals surface area contributed by atoms with E-state index in [0.29, 0.717) is 13.0 Å². The van der Waals surface area contributed by atoms with Gasteiger partial charge < -0.3 is 19.6 Å². The first-order chi connectivity index (χ1) is 8.42. The third-order valence-electron chi connectivity index (χ3n) is 3.36. The second-order valence-corrected chi connectivity index (χ2v) is 4.64. The largest absolute Gasteiger partial charge is 0.478 e. The topological polar surface area (TPSA) is 88.8 Å². The van der Waals surface area contributed by atoms with E-state index in [1.54, 1.807) is 0 Å². The van der Waals surface area contributed by atoms with E-state index in [1.165, 1.54) is 6.07 Å². The number of furan rings is 1. The Balaban J connectivity index is 2.09. The molecule has 1 amide bonds. The van der Waals surface area contributed by atoms with Crippen LogP contribution in [0.5, 0.6) is 0 Å². The molecule has 0 spiro atoms. The van der Waals surface area contributed by atoms with Gasteiger partial charge in [-0.3, -0.25) is 4.79 Å². The number of hydrogen-bond acceptors (Lipinski definition) is 4. The standard InChI is InChI=1S/C12H15NO5/c1-7-12(2,3-4-17-7)13-10(14)9-5-8(6-18-9)11(15)16/h5-7H,3-4H2,1-2H3,(H,13,14)(H,15,16). The first kappa shape index (κ1) is 12.6. The number of ether oxygens (including phenoxy) is 1. The maximum atomic E-state index is 11.9. The van der Waals surface area contributed by atoms with E-state index in [2.05, 4.69) is 5.32 Å². The quantitative estimate of drug-likeness (QED) is 0.846. The molecule has 1 fully saturated rings. The second-order valence-electron chi connectivity index (χ2n) is 4.64. The van der Waals surface area contributed by atoms with E-state index in [-0.39, 0.29) is 17.4 Å². The lowest BCUT2D eigenvalue weighted by molar-refractivity contribution is 0.0694. The molecule has 98 valence electrons. The molecule has 1 saturated heterocycles. The Morgan fingerprint density at radius 1 is 1.56 bits per heavy atom. The highest BCUT2D eigenvalue weighted by Crippen LogP contribution is 2.25. The molecule has 1 aliphatic heterocycles. The van der Waals surface area contributed by atoms with Crippen LogP contribution in [0, 0.1) is 0 Å². The molecule has 0 aromatic carbocycles. The van der Waals surface area contributed by atoms with Gasteiger partial charge in [-0.05, 0) is 20.3 Å². The third kappa shape index (κ3) is 2.24. The number of carboxylic acids is 1. The van der Waals surface area contributed by atoms with E-state index in [9.17, 15) is 9.59 Å². The molecule has 2 heterocycles. The SMILES string of the molecule is CC1OCCC1(C)NC(=O)c1cc(C(=O)O)co1. The Morgan fingerprint density at radius 3 is 2.78 bits per heavy atom. The third-order valence-corrected chi connectivity index (χ3v) is 3.36. The van der Waals surface area contributed by atoms with Crippen LogP contribution in [0.15, 0.2) is 16.7 Å². The van der Waals surface area contributed by atoms with Crippen molar-refractivity contribution < 1.29 is 23.8 Å². The fourth-order valence-corrected chi connectivity index (χ4v) is 1.89. The molecule has 6 nitrogen and oxygen atoms in total. The summed E-state index contributed by atoms with van der Waals surface area (Å²) >= 11 is 0. The van der Waals surface area contributed by atoms with Crippen LogP contribution in [-0.2, 0) is 4.74 Å². The Morgan fingerprint density at radius 2 is 2.28 bits per heavy atom. The highest BCUT2D eigenvalue weighted by Gasteiger charge is 2.38. The normalized spacial score (nSPS) is 27.1. The van der Waals surface area contributed by atoms with E-state index in [0.717, 1.165) is 6.26 Å². The van der Waals surface area contributed by atoms with Crippen LogP contribution in [0.2, 0.25) is 0 Å². The summed E-state index contributed by atoms with van der Waals surface area (Å²) in [5, 5.41) is 11.6. The minimum Gasteiger partial charge on any atom is -0.478 e. The molecule has 1 aliphatic rings. The Bertz CT molecular complexity index is 481. The number of amides is 1. The van der Waals surface area contributed by atoms with Crippen LogP contribution in [0.1, 0.15) is 41.2 Å². The minimum atomic E-state index is -1.12. The van der Waals surface area contributed by atoms with Crippen molar-refractivity contribution in [2.24, 2.45) is 0 Å². The van der Waals surface area contributed by atoms with Gasteiger partial charge in [0.05, 0.1) is 17.2 Å². The number of nitrogens with one attached hydrogen (secondary N) is 1. The summed E-state index contributed by atoms with van der Waals surface area (Å²) in [5.41, 5.74) is -0.492. The van der Waals surface area contributed by atoms with Crippen LogP contribution in [0.3, 0.4) is 0 Å². The van der Waals surface area contributed by atoms with Crippen molar-refractivity contribution in [1.29, 1.82) is 0 Å². The highest BCUT2D eigenvalue weighted by molar-refractivity contribution is 5.95. The van der Waals surface area contributed by atoms with Crippen LogP contribution >= 0.6 is 0 Å². The zero-order chi connectivity index (χ0) is 13.3. The fraction of sp³-hybridized carbons (Fsp3) is 0.500. The zero-order valence-corrected chi connectivity index (χ0v) is 10.2. The molecule has 2 N–H and O–H groups in total. The average Bonchev–Trinajstić information content (AvgIpc) is 2.87. The van der Waals surface area contributed by atoms with E-state index in [4.69, 9.17) is 14.3 Å². The molecule has 0 saturated carbocycles. The van der Waals surface area contributed by atoms with E-state index in [1.807, 2.05) is 13.8 Å². The Labute approximate surface area is 104 Å². The monoisotopic (exact) mass is 253 g/mol. The molecule has 2 atom stereocenters. The summed E-state index contributed by atoms with van der Waals surface area (Å²) in [6.07, 6.45) is 1.68. The van der Waals surface area contributed by atoms with Crippen molar-refractivity contribution in [3.05, 3.63) is 23.7 Å². The van der Waals surface area contributed by atoms with E-state index < -0.39 is 17.4 Å². The summed E-state index contributed by atoms with van der Waals surface area (Å²) in [5.74, 6) is -1.56. The molecule has 0 bridgehead atoms. The average molecular weight is 253 g/mol. The van der Waals surface area contributed by atoms with Gasteiger partial charge in [0, 0.05) is 12.7 Å². The number of rotatable bonds is 3. The number of carbonyl (C=O) groups is 2. The van der Waals surface area contributed by atoms with Crippen LogP contribution in [0.25, 0.3) is 0 Å². The fourth-order valence-electron chi connectivity index (χ4n) is 1.89. The van der Waals surface area contributed by atoms with Gasteiger partial charge in [0.15, 0.2) is 5.76 Å². The molecule has 0 aliphatic carbocycles. The van der Waals surface area contributed by atoms with Gasteiger partial charge in [0.1, 0.15) is 6.26 Å². The van der Waals surface area contributed by atoms with Gasteiger partial charge in [-0.25, -0.2) is 4.79 Å². The molecular weight excluding hydrogens is 238 g/mol. The predicted octanol–water partition coefficient (Wildman–Crippen LogP) is 1.28. The van der Waals surface area contributed by atoms with Crippen molar-refractivity contribution in [3.8, 4) is 0 Å². The Kier molecular flexibility index (Phi) is 3.13. The molecule has 0 radical (unpaired) electrons. The Hall–Kier alpha value is -1.82. The number of carboxylic acid groups (broad SMARTS) is 1. The molecule has 6 heteroatoms. The first-order valence-electron chi connectivity index (χ1n) is 5.68. The molecular formula is C12H15NO5. The summed E-state index contributed by atoms with van der Waals surface area (Å²) in [6.45, 7) is 4.37. The second kappa shape index (κ2) is 4.45. The van der Waals surface area contributed by atoms with Crippen LogP contribution in [0.4, 0.5) is 0 Å². The molecule has 2 rings (SSSR count). The molecule has 18 heavy (non-hydrogen) atoms. The number of aromatic carboxylic acids is 1. The van der Waals surface area contributed by atoms with E-state index >= 15 is 0 Å². The van der Waals surface area contributed by atoms with Gasteiger partial charge in [0.25, 0.3) is 5.91 Å². The minimum absolute atomic E-state index is 0.00674. The smallest absolute Gasteiger partial charge is 0.338 e. The lowest BCUT2D eigenvalue weighted by Crippen LogP contribution is -2.50. The van der Waals surface area contributed by atoms with Gasteiger partial charge in [-0.2, -0.15) is 0 Å². The first-order valence-corrected chi connectivity index (χ1v) is 5.68. The summed E-state index contributed by atoms with van der Waals surface area (Å²) < 4.78 is 10.4. The van der Waals surface area contributed by atoms with Crippen molar-refractivity contribution in [2.75, 3.05) is 6.61 Å². The lowest BCUT2D eigenvalue weighted by Gasteiger charge is -2.28. The highest BCUT2D eigenvalue weighted by atomic mass is 16.5.